The molecule has 4 rings (SSSR count). The van der Waals surface area contributed by atoms with Crippen molar-refractivity contribution in [3.63, 3.8) is 0 Å². The minimum absolute atomic E-state index is 0.145. The lowest BCUT2D eigenvalue weighted by molar-refractivity contribution is 0.0695. The van der Waals surface area contributed by atoms with Gasteiger partial charge in [0.05, 0.1) is 17.9 Å². The van der Waals surface area contributed by atoms with Crippen molar-refractivity contribution >= 4 is 17.6 Å². The molecule has 0 spiro atoms. The Morgan fingerprint density at radius 2 is 1.87 bits per heavy atom. The fourth-order valence-electron chi connectivity index (χ4n) is 3.08. The number of ether oxygens (including phenoxy) is 1. The van der Waals surface area contributed by atoms with E-state index in [0.29, 0.717) is 28.4 Å². The monoisotopic (exact) mass is 402 g/mol. The molecule has 1 saturated carbocycles. The zero-order valence-electron chi connectivity index (χ0n) is 16.6. The number of hydrogen-bond donors (Lipinski definition) is 2. The SMILES string of the molecule is Cc1ncc(-c2cccc(C(=O)Nc3ccc(OCC4CC4)cc3)c2)cc1C(=O)O. The van der Waals surface area contributed by atoms with Gasteiger partial charge >= 0.3 is 5.97 Å². The highest BCUT2D eigenvalue weighted by molar-refractivity contribution is 6.05. The van der Waals surface area contributed by atoms with Crippen LogP contribution in [0.25, 0.3) is 11.1 Å². The molecule has 1 aromatic heterocycles. The molecule has 0 radical (unpaired) electrons. The van der Waals surface area contributed by atoms with Crippen molar-refractivity contribution in [3.8, 4) is 16.9 Å². The molecule has 152 valence electrons. The van der Waals surface area contributed by atoms with Crippen molar-refractivity contribution in [1.82, 2.24) is 4.98 Å². The number of amides is 1. The van der Waals surface area contributed by atoms with E-state index in [0.717, 1.165) is 17.9 Å². The van der Waals surface area contributed by atoms with Gasteiger partial charge in [0.2, 0.25) is 0 Å². The number of nitrogens with zero attached hydrogens (tertiary/aromatic N) is 1. The van der Waals surface area contributed by atoms with Gasteiger partial charge < -0.3 is 15.2 Å². The molecule has 2 aromatic carbocycles. The molecular formula is C24H22N2O4. The lowest BCUT2D eigenvalue weighted by Crippen LogP contribution is -2.12. The highest BCUT2D eigenvalue weighted by atomic mass is 16.5. The van der Waals surface area contributed by atoms with Gasteiger partial charge in [-0.05, 0) is 73.7 Å². The third-order valence-electron chi connectivity index (χ3n) is 5.07. The van der Waals surface area contributed by atoms with Gasteiger partial charge in [-0.25, -0.2) is 4.79 Å². The smallest absolute Gasteiger partial charge is 0.337 e. The first-order valence-corrected chi connectivity index (χ1v) is 9.84. The lowest BCUT2D eigenvalue weighted by atomic mass is 10.0. The number of aromatic carboxylic acids is 1. The average molecular weight is 402 g/mol. The van der Waals surface area contributed by atoms with Crippen LogP contribution in [0.3, 0.4) is 0 Å². The third kappa shape index (κ3) is 4.66. The van der Waals surface area contributed by atoms with Gasteiger partial charge in [-0.1, -0.05) is 12.1 Å². The number of aryl methyl sites for hydroxylation is 1. The van der Waals surface area contributed by atoms with Crippen LogP contribution in [-0.4, -0.2) is 28.6 Å². The quantitative estimate of drug-likeness (QED) is 0.593. The molecule has 0 bridgehead atoms. The van der Waals surface area contributed by atoms with E-state index in [1.807, 2.05) is 30.3 Å². The Hall–Kier alpha value is -3.67. The lowest BCUT2D eigenvalue weighted by Gasteiger charge is -2.10. The van der Waals surface area contributed by atoms with Crippen LogP contribution in [0.2, 0.25) is 0 Å². The Labute approximate surface area is 174 Å². The molecule has 3 aromatic rings. The number of benzene rings is 2. The number of aromatic nitrogens is 1. The predicted octanol–water partition coefficient (Wildman–Crippen LogP) is 4.80. The third-order valence-corrected chi connectivity index (χ3v) is 5.07. The number of carbonyl (C=O) groups is 2. The number of anilines is 1. The Balaban J connectivity index is 1.47. The molecule has 1 heterocycles. The Morgan fingerprint density at radius 3 is 2.57 bits per heavy atom. The molecule has 1 aliphatic rings. The van der Waals surface area contributed by atoms with Gasteiger partial charge in [0.15, 0.2) is 0 Å². The van der Waals surface area contributed by atoms with Crippen molar-refractivity contribution in [2.24, 2.45) is 5.92 Å². The first-order valence-electron chi connectivity index (χ1n) is 9.84. The van der Waals surface area contributed by atoms with E-state index in [1.165, 1.54) is 12.8 Å². The Morgan fingerprint density at radius 1 is 1.10 bits per heavy atom. The fraction of sp³-hybridized carbons (Fsp3) is 0.208. The van der Waals surface area contributed by atoms with Gasteiger partial charge in [0.1, 0.15) is 5.75 Å². The second-order valence-corrected chi connectivity index (χ2v) is 7.48. The predicted molar refractivity (Wildman–Crippen MR) is 114 cm³/mol. The number of nitrogens with one attached hydrogen (secondary N) is 1. The summed E-state index contributed by atoms with van der Waals surface area (Å²) in [5.41, 5.74) is 3.11. The van der Waals surface area contributed by atoms with Crippen LogP contribution in [-0.2, 0) is 0 Å². The number of pyridine rings is 1. The summed E-state index contributed by atoms with van der Waals surface area (Å²) in [5, 5.41) is 12.2. The molecule has 1 aliphatic carbocycles. The molecule has 0 saturated heterocycles. The van der Waals surface area contributed by atoms with E-state index in [-0.39, 0.29) is 11.5 Å². The second kappa shape index (κ2) is 8.37. The van der Waals surface area contributed by atoms with Crippen molar-refractivity contribution in [3.05, 3.63) is 77.6 Å². The molecule has 1 amide bonds. The number of hydrogen-bond acceptors (Lipinski definition) is 4. The molecule has 0 unspecified atom stereocenters. The van der Waals surface area contributed by atoms with Crippen molar-refractivity contribution in [2.75, 3.05) is 11.9 Å². The molecule has 0 aliphatic heterocycles. The normalized spacial score (nSPS) is 13.0. The Kier molecular flexibility index (Phi) is 5.48. The summed E-state index contributed by atoms with van der Waals surface area (Å²) in [7, 11) is 0. The minimum atomic E-state index is -1.03. The van der Waals surface area contributed by atoms with Crippen molar-refractivity contribution < 1.29 is 19.4 Å². The number of carboxylic acid groups (broad SMARTS) is 1. The van der Waals surface area contributed by atoms with Gasteiger partial charge in [0, 0.05) is 23.0 Å². The number of carboxylic acids is 1. The van der Waals surface area contributed by atoms with Crippen LogP contribution in [0.15, 0.2) is 60.8 Å². The average Bonchev–Trinajstić information content (AvgIpc) is 3.58. The maximum Gasteiger partial charge on any atom is 0.337 e. The summed E-state index contributed by atoms with van der Waals surface area (Å²) in [6.45, 7) is 2.40. The summed E-state index contributed by atoms with van der Waals surface area (Å²) >= 11 is 0. The van der Waals surface area contributed by atoms with Gasteiger partial charge in [-0.3, -0.25) is 9.78 Å². The summed E-state index contributed by atoms with van der Waals surface area (Å²) in [6.07, 6.45) is 4.09. The maximum atomic E-state index is 12.7. The maximum absolute atomic E-state index is 12.7. The summed E-state index contributed by atoms with van der Waals surface area (Å²) in [6, 6.07) is 15.9. The van der Waals surface area contributed by atoms with Gasteiger partial charge in [-0.15, -0.1) is 0 Å². The van der Waals surface area contributed by atoms with Gasteiger partial charge in [-0.2, -0.15) is 0 Å². The van der Waals surface area contributed by atoms with E-state index in [9.17, 15) is 14.7 Å². The van der Waals surface area contributed by atoms with E-state index in [2.05, 4.69) is 10.3 Å². The van der Waals surface area contributed by atoms with Gasteiger partial charge in [0.25, 0.3) is 5.91 Å². The first-order chi connectivity index (χ1) is 14.5. The van der Waals surface area contributed by atoms with Crippen LogP contribution in [0.4, 0.5) is 5.69 Å². The van der Waals surface area contributed by atoms with Crippen LogP contribution in [0, 0.1) is 12.8 Å². The fourth-order valence-corrected chi connectivity index (χ4v) is 3.08. The largest absolute Gasteiger partial charge is 0.493 e. The summed E-state index contributed by atoms with van der Waals surface area (Å²) < 4.78 is 5.71. The van der Waals surface area contributed by atoms with E-state index in [4.69, 9.17) is 4.74 Å². The molecule has 0 atom stereocenters. The van der Waals surface area contributed by atoms with Crippen molar-refractivity contribution in [1.29, 1.82) is 0 Å². The standard InChI is InChI=1S/C24H22N2O4/c1-15-22(24(28)29)12-19(13-25-15)17-3-2-4-18(11-17)23(27)26-20-7-9-21(10-8-20)30-14-16-5-6-16/h2-4,7-13,16H,5-6,14H2,1H3,(H,26,27)(H,28,29). The summed E-state index contributed by atoms with van der Waals surface area (Å²) in [5.74, 6) is 0.206. The van der Waals surface area contributed by atoms with E-state index in [1.54, 1.807) is 37.4 Å². The first kappa shape index (κ1) is 19.6. The molecule has 6 nitrogen and oxygen atoms in total. The van der Waals surface area contributed by atoms with E-state index >= 15 is 0 Å². The number of rotatable bonds is 7. The second-order valence-electron chi connectivity index (χ2n) is 7.48. The topological polar surface area (TPSA) is 88.5 Å². The zero-order valence-corrected chi connectivity index (χ0v) is 16.6. The Bertz CT molecular complexity index is 1090. The van der Waals surface area contributed by atoms with Crippen LogP contribution in [0.5, 0.6) is 5.75 Å². The van der Waals surface area contributed by atoms with Crippen molar-refractivity contribution in [2.45, 2.75) is 19.8 Å². The van der Waals surface area contributed by atoms with Crippen LogP contribution in [0.1, 0.15) is 39.3 Å². The van der Waals surface area contributed by atoms with Crippen LogP contribution < -0.4 is 10.1 Å². The molecule has 2 N–H and O–H groups in total. The highest BCUT2D eigenvalue weighted by Crippen LogP contribution is 2.30. The molecule has 30 heavy (non-hydrogen) atoms. The molecular weight excluding hydrogens is 380 g/mol. The summed E-state index contributed by atoms with van der Waals surface area (Å²) in [4.78, 5) is 28.2. The highest BCUT2D eigenvalue weighted by Gasteiger charge is 2.21. The van der Waals surface area contributed by atoms with E-state index < -0.39 is 5.97 Å². The number of carbonyl (C=O) groups excluding carboxylic acids is 1. The molecule has 6 heteroatoms. The zero-order chi connectivity index (χ0) is 21.1. The minimum Gasteiger partial charge on any atom is -0.493 e. The molecule has 1 fully saturated rings. The van der Waals surface area contributed by atoms with Crippen LogP contribution >= 0.6 is 0 Å².